The van der Waals surface area contributed by atoms with Crippen LogP contribution in [0.1, 0.15) is 70.5 Å². The Morgan fingerprint density at radius 1 is 0.921 bits per heavy atom. The summed E-state index contributed by atoms with van der Waals surface area (Å²) < 4.78 is 33.7. The Bertz CT molecular complexity index is 2420. The highest BCUT2D eigenvalue weighted by Gasteiger charge is 2.49. The molecule has 7 heterocycles. The van der Waals surface area contributed by atoms with E-state index in [4.69, 9.17) is 22.4 Å². The number of alkyl halides is 2. The molecule has 5 amide bonds. The molecule has 4 aromatic rings. The maximum Gasteiger partial charge on any atom is 0.328 e. The molecule has 0 radical (unpaired) electrons. The number of hydrogen-bond acceptors (Lipinski definition) is 11. The Hall–Kier alpha value is -5.43. The number of piperazine rings is 1. The molecule has 10 rings (SSSR count). The number of rotatable bonds is 9. The van der Waals surface area contributed by atoms with Crippen LogP contribution in [0.2, 0.25) is 5.02 Å². The lowest BCUT2D eigenvalue weighted by atomic mass is 9.97. The summed E-state index contributed by atoms with van der Waals surface area (Å²) in [5.74, 6) is -3.44. The molecule has 0 bridgehead atoms. The summed E-state index contributed by atoms with van der Waals surface area (Å²) in [5, 5.41) is 10.4. The molecule has 1 saturated carbocycles. The number of piperidine rings is 1. The van der Waals surface area contributed by atoms with Gasteiger partial charge in [-0.25, -0.2) is 23.1 Å². The SMILES string of the molecule is C1CC1.CNc1cc(N2CCc3c(CN4CCC(N5CCC(N6CCN(C(=O)c7ccc(Cl)c(N8CCC(=O)NC8=O)c7)CC6)C5)C(F)(F)C4)cccc32)nn2c(C(N)=O)cnc12. The molecule has 6 aliphatic rings. The summed E-state index contributed by atoms with van der Waals surface area (Å²) in [5.41, 5.74) is 10.8. The van der Waals surface area contributed by atoms with E-state index in [1.54, 1.807) is 30.1 Å². The van der Waals surface area contributed by atoms with Crippen molar-refractivity contribution in [1.29, 1.82) is 0 Å². The lowest BCUT2D eigenvalue weighted by Gasteiger charge is -2.43. The summed E-state index contributed by atoms with van der Waals surface area (Å²) in [6, 6.07) is 11.4. The predicted octanol–water partition coefficient (Wildman–Crippen LogP) is 4.58. The summed E-state index contributed by atoms with van der Waals surface area (Å²) in [6.45, 7) is 4.88. The number of anilines is 4. The number of amides is 5. The number of nitrogens with one attached hydrogen (secondary N) is 2. The second kappa shape index (κ2) is 17.6. The van der Waals surface area contributed by atoms with E-state index in [2.05, 4.69) is 25.4 Å². The van der Waals surface area contributed by atoms with Gasteiger partial charge in [-0.3, -0.25) is 39.3 Å². The highest BCUT2D eigenvalue weighted by atomic mass is 35.5. The van der Waals surface area contributed by atoms with Crippen molar-refractivity contribution in [2.75, 3.05) is 87.6 Å². The standard InChI is InChI=1S/C41H47ClF2N12O4.C3H6/c1-46-30-20-35(49-56-33(37(45)58)21-47-38(30)56)54-13-8-28-26(3-2-4-31(28)54)22-50-11-9-34(41(43,44)24-50)53-12-7-27(23-53)51-15-17-52(18-16-51)39(59)25-5-6-29(42)32(19-25)55-14-10-36(57)48-40(55)60;1-2-3-1/h2-6,19-21,27,34,46H,7-18,22-24H2,1H3,(H2,45,58)(H,48,57,60);1-3H2. The minimum atomic E-state index is -2.89. The van der Waals surface area contributed by atoms with Crippen LogP contribution in [0.5, 0.6) is 0 Å². The first-order chi connectivity index (χ1) is 30.4. The van der Waals surface area contributed by atoms with Crippen LogP contribution in [0.3, 0.4) is 0 Å². The van der Waals surface area contributed by atoms with Crippen molar-refractivity contribution in [3.63, 3.8) is 0 Å². The molecule has 4 saturated heterocycles. The molecule has 0 spiro atoms. The van der Waals surface area contributed by atoms with Crippen molar-refractivity contribution in [2.24, 2.45) is 5.73 Å². The van der Waals surface area contributed by atoms with Crippen LogP contribution in [0.15, 0.2) is 48.7 Å². The van der Waals surface area contributed by atoms with Crippen molar-refractivity contribution in [3.05, 3.63) is 76.1 Å². The number of carbonyl (C=O) groups excluding carboxylic acids is 4. The van der Waals surface area contributed by atoms with E-state index in [-0.39, 0.29) is 43.1 Å². The number of imide groups is 1. The number of nitrogens with zero attached hydrogens (tertiary/aromatic N) is 9. The van der Waals surface area contributed by atoms with Gasteiger partial charge in [0.25, 0.3) is 17.7 Å². The van der Waals surface area contributed by atoms with Crippen LogP contribution in [-0.2, 0) is 17.8 Å². The number of imidazole rings is 1. The van der Waals surface area contributed by atoms with Crippen molar-refractivity contribution < 1.29 is 28.0 Å². The fraction of sp³-hybridized carbons (Fsp3) is 0.500. The molecule has 2 aromatic carbocycles. The third-order valence-electron chi connectivity index (χ3n) is 13.1. The third kappa shape index (κ3) is 8.77. The van der Waals surface area contributed by atoms with Gasteiger partial charge in [0.1, 0.15) is 5.69 Å². The average Bonchev–Trinajstić information content (AvgIpc) is 3.76. The second-order valence-corrected chi connectivity index (χ2v) is 17.7. The van der Waals surface area contributed by atoms with Gasteiger partial charge in [-0.1, -0.05) is 43.0 Å². The fourth-order valence-electron chi connectivity index (χ4n) is 9.62. The maximum atomic E-state index is 16.1. The molecule has 5 aliphatic heterocycles. The largest absolute Gasteiger partial charge is 0.385 e. The Morgan fingerprint density at radius 3 is 2.41 bits per heavy atom. The van der Waals surface area contributed by atoms with Crippen LogP contribution in [0.25, 0.3) is 5.65 Å². The van der Waals surface area contributed by atoms with Crippen LogP contribution in [0, 0.1) is 0 Å². The quantitative estimate of drug-likeness (QED) is 0.215. The van der Waals surface area contributed by atoms with E-state index in [0.717, 1.165) is 29.7 Å². The molecule has 2 aromatic heterocycles. The van der Waals surface area contributed by atoms with Gasteiger partial charge in [0.15, 0.2) is 11.5 Å². The second-order valence-electron chi connectivity index (χ2n) is 17.2. The first-order valence-corrected chi connectivity index (χ1v) is 22.3. The Labute approximate surface area is 369 Å². The molecule has 2 atom stereocenters. The van der Waals surface area contributed by atoms with Gasteiger partial charge in [0, 0.05) is 102 Å². The van der Waals surface area contributed by atoms with Gasteiger partial charge in [-0.05, 0) is 54.7 Å². The van der Waals surface area contributed by atoms with Crippen LogP contribution < -0.4 is 26.2 Å². The topological polar surface area (TPSA) is 168 Å². The Balaban J connectivity index is 0.00000161. The summed E-state index contributed by atoms with van der Waals surface area (Å²) >= 11 is 6.40. The highest BCUT2D eigenvalue weighted by molar-refractivity contribution is 6.34. The van der Waals surface area contributed by atoms with Crippen LogP contribution in [0.4, 0.5) is 36.5 Å². The minimum Gasteiger partial charge on any atom is -0.385 e. The van der Waals surface area contributed by atoms with Gasteiger partial charge in [0.2, 0.25) is 5.91 Å². The zero-order chi connectivity index (χ0) is 44.0. The number of benzene rings is 2. The molecule has 16 nitrogen and oxygen atoms in total. The minimum absolute atomic E-state index is 0.129. The average molecular weight is 887 g/mol. The van der Waals surface area contributed by atoms with E-state index < -0.39 is 23.9 Å². The van der Waals surface area contributed by atoms with Crippen LogP contribution >= 0.6 is 11.6 Å². The smallest absolute Gasteiger partial charge is 0.328 e. The lowest BCUT2D eigenvalue weighted by molar-refractivity contribution is -0.125. The zero-order valence-electron chi connectivity index (χ0n) is 35.4. The summed E-state index contributed by atoms with van der Waals surface area (Å²) in [7, 11) is 1.77. The van der Waals surface area contributed by atoms with Crippen molar-refractivity contribution in [1.82, 2.24) is 39.5 Å². The number of likely N-dealkylation sites (tertiary alicyclic amines) is 2. The van der Waals surface area contributed by atoms with Crippen molar-refractivity contribution in [2.45, 2.75) is 69.5 Å². The van der Waals surface area contributed by atoms with E-state index in [1.165, 1.54) is 34.9 Å². The first-order valence-electron chi connectivity index (χ1n) is 21.9. The number of halogens is 3. The number of primary amides is 1. The lowest BCUT2D eigenvalue weighted by Crippen LogP contribution is -2.58. The first kappa shape index (κ1) is 42.9. The summed E-state index contributed by atoms with van der Waals surface area (Å²) in [6.07, 6.45) is 7.93. The van der Waals surface area contributed by atoms with E-state index in [9.17, 15) is 19.2 Å². The molecule has 1 aliphatic carbocycles. The molecule has 2 unspecified atom stereocenters. The predicted molar refractivity (Wildman–Crippen MR) is 235 cm³/mol. The van der Waals surface area contributed by atoms with E-state index in [0.29, 0.717) is 98.7 Å². The van der Waals surface area contributed by atoms with Gasteiger partial charge < -0.3 is 20.9 Å². The Morgan fingerprint density at radius 2 is 1.70 bits per heavy atom. The molecular formula is C44H53ClF2N12O4. The molecule has 5 fully saturated rings. The van der Waals surface area contributed by atoms with Crippen LogP contribution in [-0.4, -0.2) is 148 Å². The Kier molecular flexibility index (Phi) is 12.0. The van der Waals surface area contributed by atoms with E-state index >= 15 is 8.78 Å². The monoisotopic (exact) mass is 886 g/mol. The number of aromatic nitrogens is 3. The molecule has 63 heavy (non-hydrogen) atoms. The number of nitrogens with two attached hydrogens (primary N) is 1. The van der Waals surface area contributed by atoms with Gasteiger partial charge in [-0.2, -0.15) is 0 Å². The van der Waals surface area contributed by atoms with Crippen molar-refractivity contribution in [3.8, 4) is 0 Å². The zero-order valence-corrected chi connectivity index (χ0v) is 36.1. The molecule has 334 valence electrons. The normalized spacial score (nSPS) is 22.8. The fourth-order valence-corrected chi connectivity index (χ4v) is 9.84. The molecular weight excluding hydrogens is 834 g/mol. The number of fused-ring (bicyclic) bond motifs is 2. The molecule has 19 heteroatoms. The summed E-state index contributed by atoms with van der Waals surface area (Å²) in [4.78, 5) is 65.4. The maximum absolute atomic E-state index is 16.1. The molecule has 4 N–H and O–H groups in total. The highest BCUT2D eigenvalue weighted by Crippen LogP contribution is 2.39. The van der Waals surface area contributed by atoms with Crippen molar-refractivity contribution >= 4 is 63.9 Å². The van der Waals surface area contributed by atoms with Gasteiger partial charge in [-0.15, -0.1) is 5.10 Å². The number of carbonyl (C=O) groups is 4. The van der Waals surface area contributed by atoms with E-state index in [1.807, 2.05) is 34.1 Å². The van der Waals surface area contributed by atoms with Gasteiger partial charge in [0.05, 0.1) is 35.2 Å². The third-order valence-corrected chi connectivity index (χ3v) is 13.4. The number of urea groups is 1. The number of hydrogen-bond donors (Lipinski definition) is 3. The van der Waals surface area contributed by atoms with Gasteiger partial charge >= 0.3 is 6.03 Å².